The largest absolute Gasteiger partial charge is 0.374 e. The Hall–Kier alpha value is -2.21. The topological polar surface area (TPSA) is 47.4 Å². The molecule has 2 aromatic rings. The highest BCUT2D eigenvalue weighted by Gasteiger charge is 2.37. The van der Waals surface area contributed by atoms with Gasteiger partial charge in [0.1, 0.15) is 5.82 Å². The summed E-state index contributed by atoms with van der Waals surface area (Å²) in [5.41, 5.74) is 2.69. The highest BCUT2D eigenvalue weighted by Crippen LogP contribution is 2.30. The van der Waals surface area contributed by atoms with Crippen LogP contribution < -0.4 is 0 Å². The second kappa shape index (κ2) is 6.83. The molecule has 2 unspecified atom stereocenters. The van der Waals surface area contributed by atoms with Gasteiger partial charge in [0.05, 0.1) is 24.4 Å². The minimum Gasteiger partial charge on any atom is -0.374 e. The van der Waals surface area contributed by atoms with Crippen LogP contribution in [0.5, 0.6) is 0 Å². The summed E-state index contributed by atoms with van der Waals surface area (Å²) in [7, 11) is 1.81. The van der Waals surface area contributed by atoms with Gasteiger partial charge in [-0.15, -0.1) is 0 Å². The highest BCUT2D eigenvalue weighted by atomic mass is 19.1. The molecule has 0 spiro atoms. The maximum atomic E-state index is 13.6. The normalized spacial score (nSPS) is 23.0. The van der Waals surface area contributed by atoms with E-state index in [9.17, 15) is 9.18 Å². The molecule has 1 saturated carbocycles. The number of ether oxygens (including phenoxy) is 1. The molecule has 1 aliphatic carbocycles. The predicted octanol–water partition coefficient (Wildman–Crippen LogP) is 3.32. The first-order valence-electron chi connectivity index (χ1n) is 9.28. The summed E-state index contributed by atoms with van der Waals surface area (Å²) in [6.45, 7) is 2.93. The molecule has 2 aliphatic rings. The van der Waals surface area contributed by atoms with Crippen LogP contribution >= 0.6 is 0 Å². The van der Waals surface area contributed by atoms with E-state index >= 15 is 0 Å². The third-order valence-corrected chi connectivity index (χ3v) is 5.55. The van der Waals surface area contributed by atoms with Crippen molar-refractivity contribution in [3.8, 4) is 11.3 Å². The molecule has 1 saturated heterocycles. The molecule has 5 nitrogen and oxygen atoms in total. The summed E-state index contributed by atoms with van der Waals surface area (Å²) in [5.74, 6) is -0.269. The maximum Gasteiger partial charge on any atom is 0.274 e. The Morgan fingerprint density at radius 3 is 2.88 bits per heavy atom. The van der Waals surface area contributed by atoms with E-state index in [1.807, 2.05) is 18.0 Å². The number of carbonyl (C=O) groups is 1. The Bertz CT molecular complexity index is 830. The van der Waals surface area contributed by atoms with Crippen LogP contribution in [-0.4, -0.2) is 45.9 Å². The average molecular weight is 357 g/mol. The maximum absolute atomic E-state index is 13.6. The lowest BCUT2D eigenvalue weighted by Crippen LogP contribution is -2.54. The summed E-state index contributed by atoms with van der Waals surface area (Å²) < 4.78 is 21.1. The van der Waals surface area contributed by atoms with Crippen LogP contribution in [0.15, 0.2) is 24.3 Å². The summed E-state index contributed by atoms with van der Waals surface area (Å²) in [5, 5.41) is 4.44. The molecule has 2 fully saturated rings. The smallest absolute Gasteiger partial charge is 0.274 e. The van der Waals surface area contributed by atoms with Crippen LogP contribution in [0.4, 0.5) is 4.39 Å². The van der Waals surface area contributed by atoms with Crippen molar-refractivity contribution in [3.05, 3.63) is 41.3 Å². The number of nitrogens with zero attached hydrogens (tertiary/aromatic N) is 3. The minimum atomic E-state index is -0.233. The van der Waals surface area contributed by atoms with Crippen LogP contribution in [-0.2, 0) is 11.8 Å². The van der Waals surface area contributed by atoms with Gasteiger partial charge in [0.15, 0.2) is 5.69 Å². The Kier molecular flexibility index (Phi) is 4.53. The molecule has 0 radical (unpaired) electrons. The predicted molar refractivity (Wildman–Crippen MR) is 96.4 cm³/mol. The summed E-state index contributed by atoms with van der Waals surface area (Å²) in [6.07, 6.45) is 4.48. The lowest BCUT2D eigenvalue weighted by Gasteiger charge is -2.43. The van der Waals surface area contributed by atoms with Crippen molar-refractivity contribution in [2.45, 2.75) is 44.8 Å². The van der Waals surface area contributed by atoms with E-state index in [1.54, 1.807) is 23.7 Å². The number of aromatic nitrogens is 2. The molecule has 2 atom stereocenters. The van der Waals surface area contributed by atoms with Crippen LogP contribution in [0.3, 0.4) is 0 Å². The number of hydrogen-bond acceptors (Lipinski definition) is 3. The van der Waals surface area contributed by atoms with Gasteiger partial charge in [0.25, 0.3) is 5.91 Å². The van der Waals surface area contributed by atoms with E-state index in [0.717, 1.165) is 30.5 Å². The molecule has 138 valence electrons. The standard InChI is InChI=1S/C20H24FN3O2/c1-13-11-14(7-8-15(13)21)18-12-16(22-23(18)2)20(25)24-9-10-26-19-6-4-3-5-17(19)24/h7-8,11-12,17,19H,3-6,9-10H2,1-2H3. The Morgan fingerprint density at radius 1 is 1.27 bits per heavy atom. The van der Waals surface area contributed by atoms with Crippen molar-refractivity contribution in [3.63, 3.8) is 0 Å². The number of benzene rings is 1. The molecular formula is C20H24FN3O2. The lowest BCUT2D eigenvalue weighted by atomic mass is 9.90. The van der Waals surface area contributed by atoms with E-state index in [0.29, 0.717) is 24.4 Å². The summed E-state index contributed by atoms with van der Waals surface area (Å²) >= 11 is 0. The van der Waals surface area contributed by atoms with E-state index < -0.39 is 0 Å². The fourth-order valence-electron chi connectivity index (χ4n) is 4.14. The number of rotatable bonds is 2. The van der Waals surface area contributed by atoms with Crippen molar-refractivity contribution >= 4 is 5.91 Å². The molecule has 4 rings (SSSR count). The van der Waals surface area contributed by atoms with Crippen LogP contribution in [0, 0.1) is 12.7 Å². The van der Waals surface area contributed by atoms with Gasteiger partial charge in [-0.05, 0) is 49.6 Å². The molecule has 0 N–H and O–H groups in total. The number of hydrogen-bond donors (Lipinski definition) is 0. The summed E-state index contributed by atoms with van der Waals surface area (Å²) in [6, 6.07) is 6.92. The number of amides is 1. The molecule has 1 amide bonds. The highest BCUT2D eigenvalue weighted by molar-refractivity contribution is 5.93. The van der Waals surface area contributed by atoms with Crippen LogP contribution in [0.25, 0.3) is 11.3 Å². The van der Waals surface area contributed by atoms with Crippen LogP contribution in [0.2, 0.25) is 0 Å². The first kappa shape index (κ1) is 17.2. The molecule has 1 aromatic heterocycles. The summed E-state index contributed by atoms with van der Waals surface area (Å²) in [4.78, 5) is 15.0. The van der Waals surface area contributed by atoms with E-state index in [1.165, 1.54) is 12.5 Å². The monoisotopic (exact) mass is 357 g/mol. The minimum absolute atomic E-state index is 0.0362. The van der Waals surface area contributed by atoms with Gasteiger partial charge >= 0.3 is 0 Å². The second-order valence-corrected chi connectivity index (χ2v) is 7.26. The van der Waals surface area contributed by atoms with E-state index in [-0.39, 0.29) is 23.9 Å². The van der Waals surface area contributed by atoms with E-state index in [4.69, 9.17) is 4.74 Å². The van der Waals surface area contributed by atoms with Crippen molar-refractivity contribution in [2.75, 3.05) is 13.2 Å². The van der Waals surface area contributed by atoms with Crippen molar-refractivity contribution < 1.29 is 13.9 Å². The van der Waals surface area contributed by atoms with Gasteiger partial charge in [-0.25, -0.2) is 4.39 Å². The third-order valence-electron chi connectivity index (χ3n) is 5.55. The quantitative estimate of drug-likeness (QED) is 0.828. The van der Waals surface area contributed by atoms with Gasteiger partial charge < -0.3 is 9.64 Å². The van der Waals surface area contributed by atoms with Gasteiger partial charge in [-0.2, -0.15) is 5.10 Å². The molecule has 1 aliphatic heterocycles. The molecule has 2 heterocycles. The zero-order valence-corrected chi connectivity index (χ0v) is 15.2. The number of halogens is 1. The zero-order chi connectivity index (χ0) is 18.3. The molecule has 1 aromatic carbocycles. The molecule has 6 heteroatoms. The zero-order valence-electron chi connectivity index (χ0n) is 15.2. The van der Waals surface area contributed by atoms with Crippen LogP contribution in [0.1, 0.15) is 41.7 Å². The fourth-order valence-corrected chi connectivity index (χ4v) is 4.14. The molecule has 26 heavy (non-hydrogen) atoms. The van der Waals surface area contributed by atoms with E-state index in [2.05, 4.69) is 5.10 Å². The fraction of sp³-hybridized carbons (Fsp3) is 0.500. The first-order valence-corrected chi connectivity index (χ1v) is 9.28. The number of fused-ring (bicyclic) bond motifs is 1. The Labute approximate surface area is 152 Å². The van der Waals surface area contributed by atoms with Gasteiger partial charge in [-0.1, -0.05) is 12.8 Å². The average Bonchev–Trinajstić information content (AvgIpc) is 3.04. The third kappa shape index (κ3) is 3.03. The van der Waals surface area contributed by atoms with Gasteiger partial charge in [0, 0.05) is 19.2 Å². The lowest BCUT2D eigenvalue weighted by molar-refractivity contribution is -0.0754. The Morgan fingerprint density at radius 2 is 2.08 bits per heavy atom. The van der Waals surface area contributed by atoms with Gasteiger partial charge in [0.2, 0.25) is 0 Å². The number of morpholine rings is 1. The Balaban J connectivity index is 1.61. The second-order valence-electron chi connectivity index (χ2n) is 7.26. The number of carbonyl (C=O) groups excluding carboxylic acids is 1. The van der Waals surface area contributed by atoms with Crippen molar-refractivity contribution in [2.24, 2.45) is 7.05 Å². The van der Waals surface area contributed by atoms with Crippen molar-refractivity contribution in [1.82, 2.24) is 14.7 Å². The first-order chi connectivity index (χ1) is 12.5. The molecular weight excluding hydrogens is 333 g/mol. The van der Waals surface area contributed by atoms with Crippen molar-refractivity contribution in [1.29, 1.82) is 0 Å². The SMILES string of the molecule is Cc1cc(-c2cc(C(=O)N3CCOC4CCCCC43)nn2C)ccc1F. The number of aryl methyl sites for hydroxylation is 2. The molecule has 0 bridgehead atoms. The van der Waals surface area contributed by atoms with Gasteiger partial charge in [-0.3, -0.25) is 9.48 Å².